The summed E-state index contributed by atoms with van der Waals surface area (Å²) in [7, 11) is 0. The fraction of sp³-hybridized carbons (Fsp3) is 0.280. The van der Waals surface area contributed by atoms with Gasteiger partial charge in [-0.2, -0.15) is 0 Å². The van der Waals surface area contributed by atoms with E-state index in [9.17, 15) is 9.90 Å². The quantitative estimate of drug-likeness (QED) is 0.578. The van der Waals surface area contributed by atoms with Crippen molar-refractivity contribution >= 4 is 5.97 Å². The van der Waals surface area contributed by atoms with Crippen LogP contribution in [0.15, 0.2) is 42.5 Å². The summed E-state index contributed by atoms with van der Waals surface area (Å²) < 4.78 is 5.48. The Labute approximate surface area is 177 Å². The molecule has 0 atom stereocenters. The first-order chi connectivity index (χ1) is 14.3. The van der Waals surface area contributed by atoms with Crippen molar-refractivity contribution in [2.45, 2.75) is 40.5 Å². The van der Waals surface area contributed by atoms with Crippen molar-refractivity contribution in [1.29, 1.82) is 0 Å². The molecule has 0 spiro atoms. The number of nitrogens with zero attached hydrogens (tertiary/aromatic N) is 1. The van der Waals surface area contributed by atoms with Crippen molar-refractivity contribution in [3.8, 4) is 22.8 Å². The first-order valence-corrected chi connectivity index (χ1v) is 10.0. The lowest BCUT2D eigenvalue weighted by Crippen LogP contribution is -2.12. The highest BCUT2D eigenvalue weighted by molar-refractivity contribution is 5.69. The lowest BCUT2D eigenvalue weighted by molar-refractivity contribution is -0.139. The van der Waals surface area contributed by atoms with Gasteiger partial charge in [0.25, 0.3) is 0 Å². The minimum absolute atomic E-state index is 0.158. The standard InChI is InChI=1S/C25H27NO4/c1-5-18-12-23(30-14-24(28)29)17(4)16(3)21(18)13-20-9-10-22(27)25(26-20)19-8-6-7-15(2)11-19/h6-12,27H,5,13-14H2,1-4H3,(H,28,29). The molecule has 30 heavy (non-hydrogen) atoms. The molecule has 3 aromatic rings. The zero-order valence-electron chi connectivity index (χ0n) is 17.8. The molecule has 5 heteroatoms. The van der Waals surface area contributed by atoms with Gasteiger partial charge in [0.15, 0.2) is 6.61 Å². The highest BCUT2D eigenvalue weighted by atomic mass is 16.5. The van der Waals surface area contributed by atoms with Crippen molar-refractivity contribution in [3.05, 3.63) is 76.0 Å². The third kappa shape index (κ3) is 4.62. The Kier molecular flexibility index (Phi) is 6.40. The summed E-state index contributed by atoms with van der Waals surface area (Å²) in [6.07, 6.45) is 1.41. The molecule has 0 fully saturated rings. The monoisotopic (exact) mass is 405 g/mol. The molecule has 3 rings (SSSR count). The van der Waals surface area contributed by atoms with E-state index < -0.39 is 5.97 Å². The molecular formula is C25H27NO4. The molecule has 0 aliphatic rings. The second-order valence-corrected chi connectivity index (χ2v) is 7.51. The fourth-order valence-corrected chi connectivity index (χ4v) is 3.63. The molecule has 1 heterocycles. The lowest BCUT2D eigenvalue weighted by atomic mass is 9.92. The van der Waals surface area contributed by atoms with Gasteiger partial charge in [-0.3, -0.25) is 0 Å². The van der Waals surface area contributed by atoms with E-state index in [4.69, 9.17) is 14.8 Å². The van der Waals surface area contributed by atoms with E-state index in [0.29, 0.717) is 17.9 Å². The Morgan fingerprint density at radius 2 is 1.83 bits per heavy atom. The van der Waals surface area contributed by atoms with Crippen molar-refractivity contribution in [2.24, 2.45) is 0 Å². The summed E-state index contributed by atoms with van der Waals surface area (Å²) in [5.41, 5.74) is 7.69. The summed E-state index contributed by atoms with van der Waals surface area (Å²) >= 11 is 0. The number of carbonyl (C=O) groups is 1. The summed E-state index contributed by atoms with van der Waals surface area (Å²) in [6.45, 7) is 7.69. The Morgan fingerprint density at radius 1 is 1.07 bits per heavy atom. The van der Waals surface area contributed by atoms with Gasteiger partial charge in [0.05, 0.1) is 0 Å². The fourth-order valence-electron chi connectivity index (χ4n) is 3.63. The second kappa shape index (κ2) is 8.99. The van der Waals surface area contributed by atoms with E-state index in [1.807, 2.05) is 57.2 Å². The lowest BCUT2D eigenvalue weighted by Gasteiger charge is -2.18. The molecule has 0 aliphatic carbocycles. The minimum atomic E-state index is -0.994. The third-order valence-electron chi connectivity index (χ3n) is 5.39. The van der Waals surface area contributed by atoms with E-state index in [1.165, 1.54) is 0 Å². The number of pyridine rings is 1. The number of carboxylic acids is 1. The van der Waals surface area contributed by atoms with Crippen molar-refractivity contribution in [3.63, 3.8) is 0 Å². The highest BCUT2D eigenvalue weighted by Gasteiger charge is 2.16. The Bertz CT molecular complexity index is 1090. The van der Waals surface area contributed by atoms with Gasteiger partial charge in [-0.25, -0.2) is 9.78 Å². The molecule has 0 saturated heterocycles. The number of aromatic hydroxyl groups is 1. The van der Waals surface area contributed by atoms with Gasteiger partial charge >= 0.3 is 5.97 Å². The number of rotatable bonds is 7. The molecule has 0 radical (unpaired) electrons. The van der Waals surface area contributed by atoms with Crippen molar-refractivity contribution in [2.75, 3.05) is 6.61 Å². The van der Waals surface area contributed by atoms with E-state index in [2.05, 4.69) is 6.92 Å². The number of hydrogen-bond donors (Lipinski definition) is 2. The molecule has 0 amide bonds. The molecule has 156 valence electrons. The Morgan fingerprint density at radius 3 is 2.50 bits per heavy atom. The summed E-state index contributed by atoms with van der Waals surface area (Å²) in [5, 5.41) is 19.3. The van der Waals surface area contributed by atoms with Gasteiger partial charge in [0.2, 0.25) is 0 Å². The predicted octanol–water partition coefficient (Wildman–Crippen LogP) is 5.00. The normalized spacial score (nSPS) is 10.8. The number of aliphatic carboxylic acids is 1. The topological polar surface area (TPSA) is 79.7 Å². The molecular weight excluding hydrogens is 378 g/mol. The van der Waals surface area contributed by atoms with Crippen molar-refractivity contribution in [1.82, 2.24) is 4.98 Å². The van der Waals surface area contributed by atoms with E-state index >= 15 is 0 Å². The molecule has 1 aromatic heterocycles. The summed E-state index contributed by atoms with van der Waals surface area (Å²) in [5.74, 6) is -0.230. The van der Waals surface area contributed by atoms with Gasteiger partial charge in [-0.05, 0) is 73.7 Å². The largest absolute Gasteiger partial charge is 0.506 e. The summed E-state index contributed by atoms with van der Waals surface area (Å²) in [4.78, 5) is 15.6. The summed E-state index contributed by atoms with van der Waals surface area (Å²) in [6, 6.07) is 13.4. The number of hydrogen-bond acceptors (Lipinski definition) is 4. The Balaban J connectivity index is 1.99. The molecule has 2 aromatic carbocycles. The van der Waals surface area contributed by atoms with Crippen LogP contribution in [0.25, 0.3) is 11.3 Å². The SMILES string of the molecule is CCc1cc(OCC(=O)O)c(C)c(C)c1Cc1ccc(O)c(-c2cccc(C)c2)n1. The molecule has 0 aliphatic heterocycles. The molecule has 0 bridgehead atoms. The predicted molar refractivity (Wildman–Crippen MR) is 117 cm³/mol. The van der Waals surface area contributed by atoms with Crippen LogP contribution in [0.2, 0.25) is 0 Å². The van der Waals surface area contributed by atoms with E-state index in [0.717, 1.165) is 45.5 Å². The van der Waals surface area contributed by atoms with Crippen LogP contribution in [0.1, 0.15) is 40.4 Å². The smallest absolute Gasteiger partial charge is 0.341 e. The average molecular weight is 405 g/mol. The van der Waals surface area contributed by atoms with Crippen LogP contribution in [0.3, 0.4) is 0 Å². The molecule has 0 unspecified atom stereocenters. The van der Waals surface area contributed by atoms with Gasteiger partial charge in [-0.1, -0.05) is 30.7 Å². The zero-order chi connectivity index (χ0) is 21.8. The first kappa shape index (κ1) is 21.4. The number of ether oxygens (including phenoxy) is 1. The van der Waals surface area contributed by atoms with Crippen LogP contribution < -0.4 is 4.74 Å². The molecule has 2 N–H and O–H groups in total. The minimum Gasteiger partial charge on any atom is -0.506 e. The van der Waals surface area contributed by atoms with Crippen LogP contribution in [-0.4, -0.2) is 27.8 Å². The van der Waals surface area contributed by atoms with Crippen molar-refractivity contribution < 1.29 is 19.7 Å². The maximum Gasteiger partial charge on any atom is 0.341 e. The second-order valence-electron chi connectivity index (χ2n) is 7.51. The van der Waals surface area contributed by atoms with Crippen LogP contribution in [0, 0.1) is 20.8 Å². The number of benzene rings is 2. The average Bonchev–Trinajstić information content (AvgIpc) is 2.72. The highest BCUT2D eigenvalue weighted by Crippen LogP contribution is 2.32. The van der Waals surface area contributed by atoms with Gasteiger partial charge in [0, 0.05) is 17.7 Å². The maximum atomic E-state index is 10.9. The number of aryl methyl sites for hydroxylation is 2. The van der Waals surface area contributed by atoms with Gasteiger partial charge in [-0.15, -0.1) is 0 Å². The first-order valence-electron chi connectivity index (χ1n) is 10.0. The molecule has 5 nitrogen and oxygen atoms in total. The van der Waals surface area contributed by atoms with Crippen LogP contribution in [0.4, 0.5) is 0 Å². The molecule has 0 saturated carbocycles. The Hall–Kier alpha value is -3.34. The zero-order valence-corrected chi connectivity index (χ0v) is 17.8. The van der Waals surface area contributed by atoms with E-state index in [1.54, 1.807) is 6.07 Å². The third-order valence-corrected chi connectivity index (χ3v) is 5.39. The maximum absolute atomic E-state index is 10.9. The van der Waals surface area contributed by atoms with Gasteiger partial charge < -0.3 is 14.9 Å². The number of carboxylic acid groups (broad SMARTS) is 1. The van der Waals surface area contributed by atoms with Gasteiger partial charge in [0.1, 0.15) is 17.2 Å². The van der Waals surface area contributed by atoms with Crippen LogP contribution in [-0.2, 0) is 17.6 Å². The van der Waals surface area contributed by atoms with Crippen LogP contribution >= 0.6 is 0 Å². The van der Waals surface area contributed by atoms with Crippen LogP contribution in [0.5, 0.6) is 11.5 Å². The van der Waals surface area contributed by atoms with E-state index in [-0.39, 0.29) is 12.4 Å². The number of aromatic nitrogens is 1.